The summed E-state index contributed by atoms with van der Waals surface area (Å²) in [5.41, 5.74) is -0.718. The Morgan fingerprint density at radius 1 is 1.28 bits per heavy atom. The Balaban J connectivity index is 2.40. The highest BCUT2D eigenvalue weighted by molar-refractivity contribution is 7.92. The normalized spacial score (nSPS) is 11.5. The number of nitrogens with zero attached hydrogens (tertiary/aromatic N) is 1. The molecule has 0 aliphatic heterocycles. The van der Waals surface area contributed by atoms with Crippen LogP contribution in [0.4, 0.5) is 14.5 Å². The number of aromatic amines is 1. The number of nitrogens with one attached hydrogen (secondary N) is 2. The third-order valence-electron chi connectivity index (χ3n) is 2.17. The summed E-state index contributed by atoms with van der Waals surface area (Å²) in [4.78, 5) is 6.18. The van der Waals surface area contributed by atoms with Crippen LogP contribution < -0.4 is 4.72 Å². The number of H-pyrrole nitrogens is 1. The van der Waals surface area contributed by atoms with Gasteiger partial charge in [0.05, 0.1) is 6.20 Å². The van der Waals surface area contributed by atoms with Crippen molar-refractivity contribution in [1.29, 1.82) is 0 Å². The molecule has 8 heteroatoms. The SMILES string of the molecule is Cc1ncc(S(=O)(=O)Nc2c(F)cccc2F)[nH]1. The van der Waals surface area contributed by atoms with Gasteiger partial charge in [-0.05, 0) is 19.1 Å². The highest BCUT2D eigenvalue weighted by atomic mass is 32.2. The Morgan fingerprint density at radius 2 is 1.89 bits per heavy atom. The number of imidazole rings is 1. The molecule has 2 N–H and O–H groups in total. The first-order valence-electron chi connectivity index (χ1n) is 4.88. The number of benzene rings is 1. The van der Waals surface area contributed by atoms with Crippen molar-refractivity contribution in [3.63, 3.8) is 0 Å². The van der Waals surface area contributed by atoms with Crippen LogP contribution in [0.2, 0.25) is 0 Å². The molecule has 0 aliphatic rings. The fourth-order valence-corrected chi connectivity index (χ4v) is 2.37. The summed E-state index contributed by atoms with van der Waals surface area (Å²) in [7, 11) is -4.09. The minimum atomic E-state index is -4.09. The number of aryl methyl sites for hydroxylation is 1. The molecule has 2 aromatic rings. The predicted octanol–water partition coefficient (Wildman–Crippen LogP) is 1.80. The molecular weight excluding hydrogens is 264 g/mol. The van der Waals surface area contributed by atoms with Gasteiger partial charge in [-0.2, -0.15) is 8.42 Å². The minimum absolute atomic E-state index is 0.261. The molecule has 0 bridgehead atoms. The molecule has 0 saturated heterocycles. The smallest absolute Gasteiger partial charge is 0.279 e. The largest absolute Gasteiger partial charge is 0.332 e. The summed E-state index contributed by atoms with van der Waals surface area (Å²) >= 11 is 0. The van der Waals surface area contributed by atoms with Crippen LogP contribution in [0.25, 0.3) is 0 Å². The lowest BCUT2D eigenvalue weighted by atomic mass is 10.3. The van der Waals surface area contributed by atoms with Crippen molar-refractivity contribution in [3.05, 3.63) is 41.9 Å². The Hall–Kier alpha value is -1.96. The third kappa shape index (κ3) is 2.33. The van der Waals surface area contributed by atoms with Gasteiger partial charge in [0.25, 0.3) is 10.0 Å². The predicted molar refractivity (Wildman–Crippen MR) is 60.5 cm³/mol. The molecule has 1 aromatic heterocycles. The lowest BCUT2D eigenvalue weighted by Gasteiger charge is -2.07. The van der Waals surface area contributed by atoms with Gasteiger partial charge in [-0.15, -0.1) is 0 Å². The van der Waals surface area contributed by atoms with Crippen LogP contribution in [0, 0.1) is 18.6 Å². The summed E-state index contributed by atoms with van der Waals surface area (Å²) in [6, 6.07) is 3.06. The molecular formula is C10H9F2N3O2S. The van der Waals surface area contributed by atoms with Crippen LogP contribution in [0.1, 0.15) is 5.82 Å². The van der Waals surface area contributed by atoms with Crippen molar-refractivity contribution in [2.75, 3.05) is 4.72 Å². The molecule has 96 valence electrons. The Labute approximate surface area is 102 Å². The molecule has 0 amide bonds. The topological polar surface area (TPSA) is 74.8 Å². The first-order chi connectivity index (χ1) is 8.40. The van der Waals surface area contributed by atoms with E-state index in [1.54, 1.807) is 6.92 Å². The number of halogens is 2. The first-order valence-corrected chi connectivity index (χ1v) is 6.37. The van der Waals surface area contributed by atoms with E-state index in [4.69, 9.17) is 0 Å². The summed E-state index contributed by atoms with van der Waals surface area (Å²) in [5.74, 6) is -1.60. The number of hydrogen-bond donors (Lipinski definition) is 2. The Kier molecular flexibility index (Phi) is 3.04. The molecule has 0 fully saturated rings. The minimum Gasteiger partial charge on any atom is -0.332 e. The van der Waals surface area contributed by atoms with Gasteiger partial charge in [0.1, 0.15) is 23.1 Å². The number of rotatable bonds is 3. The van der Waals surface area contributed by atoms with Crippen LogP contribution in [0.5, 0.6) is 0 Å². The molecule has 0 aliphatic carbocycles. The van der Waals surface area contributed by atoms with E-state index in [2.05, 4.69) is 9.97 Å². The molecule has 1 heterocycles. The van der Waals surface area contributed by atoms with Crippen LogP contribution >= 0.6 is 0 Å². The van der Waals surface area contributed by atoms with Crippen molar-refractivity contribution in [1.82, 2.24) is 9.97 Å². The van der Waals surface area contributed by atoms with Gasteiger partial charge in [0, 0.05) is 0 Å². The highest BCUT2D eigenvalue weighted by Crippen LogP contribution is 2.21. The summed E-state index contributed by atoms with van der Waals surface area (Å²) in [6.45, 7) is 1.56. The summed E-state index contributed by atoms with van der Waals surface area (Å²) in [6.07, 6.45) is 1.07. The van der Waals surface area contributed by atoms with Crippen molar-refractivity contribution < 1.29 is 17.2 Å². The van der Waals surface area contributed by atoms with Gasteiger partial charge in [-0.25, -0.2) is 13.8 Å². The summed E-state index contributed by atoms with van der Waals surface area (Å²) in [5, 5.41) is -0.261. The number of para-hydroxylation sites is 1. The second-order valence-electron chi connectivity index (χ2n) is 3.54. The van der Waals surface area contributed by atoms with E-state index in [0.717, 1.165) is 24.4 Å². The fraction of sp³-hybridized carbons (Fsp3) is 0.100. The second-order valence-corrected chi connectivity index (χ2v) is 5.19. The van der Waals surface area contributed by atoms with Crippen molar-refractivity contribution in [3.8, 4) is 0 Å². The van der Waals surface area contributed by atoms with E-state index in [1.807, 2.05) is 4.72 Å². The average molecular weight is 273 g/mol. The lowest BCUT2D eigenvalue weighted by molar-refractivity contribution is 0.581. The maximum absolute atomic E-state index is 13.3. The molecule has 0 saturated carbocycles. The maximum Gasteiger partial charge on any atom is 0.279 e. The van der Waals surface area contributed by atoms with Crippen LogP contribution in [-0.2, 0) is 10.0 Å². The molecule has 0 atom stereocenters. The second kappa shape index (κ2) is 4.37. The lowest BCUT2D eigenvalue weighted by Crippen LogP contribution is -2.15. The van der Waals surface area contributed by atoms with Gasteiger partial charge in [0.2, 0.25) is 0 Å². The zero-order valence-electron chi connectivity index (χ0n) is 9.24. The van der Waals surface area contributed by atoms with E-state index in [9.17, 15) is 17.2 Å². The molecule has 0 radical (unpaired) electrons. The van der Waals surface area contributed by atoms with E-state index in [0.29, 0.717) is 5.82 Å². The molecule has 0 spiro atoms. The third-order valence-corrected chi connectivity index (χ3v) is 3.43. The van der Waals surface area contributed by atoms with Crippen molar-refractivity contribution >= 4 is 15.7 Å². The van der Waals surface area contributed by atoms with Gasteiger partial charge >= 0.3 is 0 Å². The van der Waals surface area contributed by atoms with Crippen molar-refractivity contribution in [2.24, 2.45) is 0 Å². The fourth-order valence-electron chi connectivity index (χ4n) is 1.32. The van der Waals surface area contributed by atoms with Crippen LogP contribution in [0.15, 0.2) is 29.4 Å². The highest BCUT2D eigenvalue weighted by Gasteiger charge is 2.20. The molecule has 2 rings (SSSR count). The summed E-state index contributed by atoms with van der Waals surface area (Å²) < 4.78 is 52.1. The van der Waals surface area contributed by atoms with E-state index in [-0.39, 0.29) is 5.03 Å². The van der Waals surface area contributed by atoms with Crippen LogP contribution in [0.3, 0.4) is 0 Å². The Morgan fingerprint density at radius 3 is 2.39 bits per heavy atom. The van der Waals surface area contributed by atoms with Gasteiger partial charge in [0.15, 0.2) is 5.03 Å². The van der Waals surface area contributed by atoms with Gasteiger partial charge < -0.3 is 4.98 Å². The number of anilines is 1. The maximum atomic E-state index is 13.3. The standard InChI is InChI=1S/C10H9F2N3O2S/c1-6-13-5-9(14-6)18(16,17)15-10-7(11)3-2-4-8(10)12/h2-5,15H,1H3,(H,13,14). The quantitative estimate of drug-likeness (QED) is 0.895. The van der Waals surface area contributed by atoms with Gasteiger partial charge in [-0.3, -0.25) is 4.72 Å². The molecule has 0 unspecified atom stereocenters. The average Bonchev–Trinajstić information content (AvgIpc) is 2.71. The molecule has 18 heavy (non-hydrogen) atoms. The van der Waals surface area contributed by atoms with Crippen LogP contribution in [-0.4, -0.2) is 18.4 Å². The number of aromatic nitrogens is 2. The molecule has 1 aromatic carbocycles. The van der Waals surface area contributed by atoms with E-state index >= 15 is 0 Å². The zero-order chi connectivity index (χ0) is 13.3. The van der Waals surface area contributed by atoms with E-state index < -0.39 is 27.3 Å². The Bertz CT molecular complexity index is 662. The van der Waals surface area contributed by atoms with Gasteiger partial charge in [-0.1, -0.05) is 6.07 Å². The molecule has 5 nitrogen and oxygen atoms in total. The first kappa shape index (κ1) is 12.5. The zero-order valence-corrected chi connectivity index (χ0v) is 10.1. The monoisotopic (exact) mass is 273 g/mol. The number of sulfonamides is 1. The van der Waals surface area contributed by atoms with E-state index in [1.165, 1.54) is 0 Å². The number of hydrogen-bond acceptors (Lipinski definition) is 3. The van der Waals surface area contributed by atoms with Crippen molar-refractivity contribution in [2.45, 2.75) is 11.9 Å².